The molecule has 0 saturated carbocycles. The molecule has 0 fully saturated rings. The molecule has 0 radical (unpaired) electrons. The van der Waals surface area contributed by atoms with Crippen LogP contribution < -0.4 is 0 Å². The molecule has 3 nitrogen and oxygen atoms in total. The van der Waals surface area contributed by atoms with Gasteiger partial charge in [0.2, 0.25) is 0 Å². The topological polar surface area (TPSA) is 60.7 Å². The van der Waals surface area contributed by atoms with Crippen LogP contribution in [0.3, 0.4) is 0 Å². The maximum atomic E-state index is 10.0. The molecule has 0 aromatic heterocycles. The van der Waals surface area contributed by atoms with Crippen molar-refractivity contribution in [3.8, 4) is 17.2 Å². The molecular weight excluding hydrogens is 408 g/mol. The fraction of sp³-hybridized carbons (Fsp3) is 0.200. The van der Waals surface area contributed by atoms with E-state index in [4.69, 9.17) is 0 Å². The van der Waals surface area contributed by atoms with E-state index < -0.39 is 0 Å². The molecule has 0 heterocycles. The highest BCUT2D eigenvalue weighted by Crippen LogP contribution is 2.42. The second-order valence-electron chi connectivity index (χ2n) is 8.87. The van der Waals surface area contributed by atoms with Crippen LogP contribution in [0, 0.1) is 20.8 Å². The third-order valence-electron chi connectivity index (χ3n) is 6.56. The van der Waals surface area contributed by atoms with Crippen LogP contribution in [0.25, 0.3) is 0 Å². The first kappa shape index (κ1) is 22.5. The van der Waals surface area contributed by atoms with Crippen molar-refractivity contribution in [2.24, 2.45) is 0 Å². The zero-order chi connectivity index (χ0) is 23.5. The Labute approximate surface area is 195 Å². The average molecular weight is 439 g/mol. The zero-order valence-electron chi connectivity index (χ0n) is 19.3. The first-order valence-electron chi connectivity index (χ1n) is 11.3. The molecule has 3 N–H and O–H groups in total. The summed E-state index contributed by atoms with van der Waals surface area (Å²) in [6.07, 6.45) is 0.798. The van der Waals surface area contributed by atoms with Crippen molar-refractivity contribution in [2.75, 3.05) is 0 Å². The summed E-state index contributed by atoms with van der Waals surface area (Å²) in [5.41, 5.74) is 7.80. The van der Waals surface area contributed by atoms with Crippen LogP contribution in [-0.2, 0) is 0 Å². The van der Waals surface area contributed by atoms with Crippen LogP contribution in [-0.4, -0.2) is 15.3 Å². The summed E-state index contributed by atoms with van der Waals surface area (Å²) in [5.74, 6) is 0.920. The lowest BCUT2D eigenvalue weighted by atomic mass is 9.75. The number of phenolic OH excluding ortho intramolecular Hbond substituents is 3. The molecule has 0 spiro atoms. The van der Waals surface area contributed by atoms with Crippen molar-refractivity contribution in [2.45, 2.75) is 39.0 Å². The standard InChI is InChI=1S/C30H30O3/c1-19-15-23(31)9-12-26(19)29(22-7-5-4-6-8-22)18-30(27-13-10-24(32)16-20(27)2)28-14-11-25(33)17-21(28)3/h4-17,29-33H,18H2,1-3H3. The minimum Gasteiger partial charge on any atom is -0.508 e. The Hall–Kier alpha value is -3.72. The van der Waals surface area contributed by atoms with Crippen molar-refractivity contribution >= 4 is 0 Å². The first-order valence-corrected chi connectivity index (χ1v) is 11.3. The van der Waals surface area contributed by atoms with Crippen LogP contribution in [0.4, 0.5) is 0 Å². The van der Waals surface area contributed by atoms with Crippen LogP contribution in [0.2, 0.25) is 0 Å². The predicted octanol–water partition coefficient (Wildman–Crippen LogP) is 7.08. The molecule has 0 aliphatic rings. The summed E-state index contributed by atoms with van der Waals surface area (Å²) < 4.78 is 0. The number of hydrogen-bond acceptors (Lipinski definition) is 3. The fourth-order valence-electron chi connectivity index (χ4n) is 4.94. The van der Waals surface area contributed by atoms with Crippen molar-refractivity contribution in [3.05, 3.63) is 124 Å². The molecule has 0 bridgehead atoms. The second kappa shape index (κ2) is 9.41. The van der Waals surface area contributed by atoms with Gasteiger partial charge in [0.15, 0.2) is 0 Å². The maximum absolute atomic E-state index is 10.0. The number of aromatic hydroxyl groups is 3. The van der Waals surface area contributed by atoms with Crippen LogP contribution >= 0.6 is 0 Å². The van der Waals surface area contributed by atoms with Gasteiger partial charge in [-0.25, -0.2) is 0 Å². The summed E-state index contributed by atoms with van der Waals surface area (Å²) in [5, 5.41) is 30.1. The van der Waals surface area contributed by atoms with Gasteiger partial charge in [-0.15, -0.1) is 0 Å². The van der Waals surface area contributed by atoms with E-state index in [1.165, 1.54) is 11.1 Å². The number of hydrogen-bond donors (Lipinski definition) is 3. The van der Waals surface area contributed by atoms with E-state index in [1.807, 2.05) is 51.1 Å². The van der Waals surface area contributed by atoms with Gasteiger partial charge in [-0.2, -0.15) is 0 Å². The van der Waals surface area contributed by atoms with E-state index in [0.29, 0.717) is 0 Å². The SMILES string of the molecule is Cc1cc(O)ccc1C(CC(c1ccc(O)cc1C)c1ccc(O)cc1C)c1ccccc1. The summed E-state index contributed by atoms with van der Waals surface area (Å²) >= 11 is 0. The predicted molar refractivity (Wildman–Crippen MR) is 133 cm³/mol. The van der Waals surface area contributed by atoms with Gasteiger partial charge in [-0.05, 0) is 103 Å². The number of phenols is 3. The molecule has 0 saturated heterocycles. The molecule has 4 aromatic rings. The Morgan fingerprint density at radius 1 is 0.515 bits per heavy atom. The smallest absolute Gasteiger partial charge is 0.115 e. The van der Waals surface area contributed by atoms with Gasteiger partial charge >= 0.3 is 0 Å². The molecule has 0 aliphatic heterocycles. The average Bonchev–Trinajstić information content (AvgIpc) is 2.77. The molecule has 0 aliphatic carbocycles. The van der Waals surface area contributed by atoms with Crippen molar-refractivity contribution in [1.29, 1.82) is 0 Å². The molecule has 33 heavy (non-hydrogen) atoms. The molecule has 1 atom stereocenters. The molecular formula is C30H30O3. The summed E-state index contributed by atoms with van der Waals surface area (Å²) in [6.45, 7) is 6.10. The molecule has 0 amide bonds. The Balaban J connectivity index is 1.89. The Bertz CT molecular complexity index is 1210. The lowest BCUT2D eigenvalue weighted by molar-refractivity contribution is 0.474. The van der Waals surface area contributed by atoms with Crippen molar-refractivity contribution in [1.82, 2.24) is 0 Å². The highest BCUT2D eigenvalue weighted by Gasteiger charge is 2.26. The monoisotopic (exact) mass is 438 g/mol. The third kappa shape index (κ3) is 4.88. The van der Waals surface area contributed by atoms with E-state index in [9.17, 15) is 15.3 Å². The Morgan fingerprint density at radius 3 is 1.30 bits per heavy atom. The van der Waals surface area contributed by atoms with E-state index >= 15 is 0 Å². The summed E-state index contributed by atoms with van der Waals surface area (Å²) in [6, 6.07) is 27.2. The number of rotatable bonds is 6. The Kier molecular flexibility index (Phi) is 6.41. The quantitative estimate of drug-likeness (QED) is 0.301. The minimum atomic E-state index is 0.0459. The van der Waals surface area contributed by atoms with E-state index in [2.05, 4.69) is 24.3 Å². The van der Waals surface area contributed by atoms with Crippen LogP contribution in [0.1, 0.15) is 57.2 Å². The molecule has 168 valence electrons. The van der Waals surface area contributed by atoms with Crippen LogP contribution in [0.5, 0.6) is 17.2 Å². The zero-order valence-corrected chi connectivity index (χ0v) is 19.3. The normalized spacial score (nSPS) is 12.1. The van der Waals surface area contributed by atoms with Crippen molar-refractivity contribution < 1.29 is 15.3 Å². The van der Waals surface area contributed by atoms with E-state index in [1.54, 1.807) is 30.3 Å². The summed E-state index contributed by atoms with van der Waals surface area (Å²) in [7, 11) is 0. The Morgan fingerprint density at radius 2 is 0.909 bits per heavy atom. The minimum absolute atomic E-state index is 0.0459. The van der Waals surface area contributed by atoms with E-state index in [0.717, 1.165) is 34.2 Å². The third-order valence-corrected chi connectivity index (χ3v) is 6.56. The van der Waals surface area contributed by atoms with Gasteiger partial charge in [0.05, 0.1) is 0 Å². The largest absolute Gasteiger partial charge is 0.508 e. The maximum Gasteiger partial charge on any atom is 0.115 e. The van der Waals surface area contributed by atoms with Crippen molar-refractivity contribution in [3.63, 3.8) is 0 Å². The molecule has 4 aromatic carbocycles. The second-order valence-corrected chi connectivity index (χ2v) is 8.87. The highest BCUT2D eigenvalue weighted by atomic mass is 16.3. The molecule has 4 rings (SSSR count). The van der Waals surface area contributed by atoms with Gasteiger partial charge in [-0.3, -0.25) is 0 Å². The van der Waals surface area contributed by atoms with Gasteiger partial charge in [0, 0.05) is 11.8 Å². The molecule has 1 unspecified atom stereocenters. The number of aryl methyl sites for hydroxylation is 3. The van der Waals surface area contributed by atoms with Gasteiger partial charge < -0.3 is 15.3 Å². The number of benzene rings is 4. The lowest BCUT2D eigenvalue weighted by Gasteiger charge is -2.28. The molecule has 3 heteroatoms. The summed E-state index contributed by atoms with van der Waals surface area (Å²) in [4.78, 5) is 0. The van der Waals surface area contributed by atoms with Crippen LogP contribution in [0.15, 0.2) is 84.9 Å². The van der Waals surface area contributed by atoms with E-state index in [-0.39, 0.29) is 29.1 Å². The lowest BCUT2D eigenvalue weighted by Crippen LogP contribution is -2.13. The van der Waals surface area contributed by atoms with Gasteiger partial charge in [0.1, 0.15) is 17.2 Å². The fourth-order valence-corrected chi connectivity index (χ4v) is 4.94. The van der Waals surface area contributed by atoms with Gasteiger partial charge in [0.25, 0.3) is 0 Å². The highest BCUT2D eigenvalue weighted by molar-refractivity contribution is 5.48. The van der Waals surface area contributed by atoms with Gasteiger partial charge in [-0.1, -0.05) is 48.5 Å². The first-order chi connectivity index (χ1) is 15.8.